The van der Waals surface area contributed by atoms with E-state index in [9.17, 15) is 9.59 Å². The quantitative estimate of drug-likeness (QED) is 0.318. The topological polar surface area (TPSA) is 99.0 Å². The first-order chi connectivity index (χ1) is 16.1. The molecule has 3 aromatic heterocycles. The van der Waals surface area contributed by atoms with Gasteiger partial charge in [0.1, 0.15) is 0 Å². The van der Waals surface area contributed by atoms with Gasteiger partial charge in [-0.05, 0) is 44.6 Å². The number of rotatable bonds is 10. The summed E-state index contributed by atoms with van der Waals surface area (Å²) in [4.78, 5) is 29.9. The first-order valence-electron chi connectivity index (χ1n) is 11.1. The Morgan fingerprint density at radius 1 is 1.18 bits per heavy atom. The van der Waals surface area contributed by atoms with Crippen LogP contribution < -0.4 is 5.32 Å². The summed E-state index contributed by atoms with van der Waals surface area (Å²) in [6.07, 6.45) is 5.79. The number of carbonyl (C=O) groups is 2. The Morgan fingerprint density at radius 2 is 2.03 bits per heavy atom. The van der Waals surface area contributed by atoms with Crippen molar-refractivity contribution in [2.24, 2.45) is 0 Å². The van der Waals surface area contributed by atoms with Crippen molar-refractivity contribution < 1.29 is 14.3 Å². The van der Waals surface area contributed by atoms with Crippen molar-refractivity contribution in [2.75, 3.05) is 17.7 Å². The minimum Gasteiger partial charge on any atom is -0.466 e. The number of nitrogens with one attached hydrogen (secondary N) is 1. The number of aryl methyl sites for hydroxylation is 1. The minimum absolute atomic E-state index is 0.101. The third-order valence-electron chi connectivity index (χ3n) is 5.23. The van der Waals surface area contributed by atoms with Crippen LogP contribution in [-0.2, 0) is 40.1 Å². The molecule has 0 aromatic carbocycles. The highest BCUT2D eigenvalue weighted by atomic mass is 32.2. The van der Waals surface area contributed by atoms with Crippen molar-refractivity contribution in [2.45, 2.75) is 64.1 Å². The Kier molecular flexibility index (Phi) is 8.15. The summed E-state index contributed by atoms with van der Waals surface area (Å²) in [5.74, 6) is 0.616. The number of hydrogen-bond donors (Lipinski definition) is 1. The number of hydrogen-bond acceptors (Lipinski definition) is 9. The fourth-order valence-corrected chi connectivity index (χ4v) is 6.41. The van der Waals surface area contributed by atoms with Crippen LogP contribution in [0.5, 0.6) is 0 Å². The zero-order chi connectivity index (χ0) is 23.2. The summed E-state index contributed by atoms with van der Waals surface area (Å²) >= 11 is 4.50. The number of amides is 1. The second-order valence-corrected chi connectivity index (χ2v) is 10.4. The first kappa shape index (κ1) is 23.9. The van der Waals surface area contributed by atoms with Crippen LogP contribution in [0, 0.1) is 0 Å². The number of thioether (sulfide) groups is 1. The van der Waals surface area contributed by atoms with Gasteiger partial charge in [0.05, 0.1) is 24.5 Å². The number of ether oxygens (including phenoxy) is 1. The van der Waals surface area contributed by atoms with Crippen LogP contribution in [0.1, 0.15) is 49.2 Å². The highest BCUT2D eigenvalue weighted by molar-refractivity contribution is 7.99. The van der Waals surface area contributed by atoms with E-state index in [1.54, 1.807) is 12.3 Å². The summed E-state index contributed by atoms with van der Waals surface area (Å²) in [5, 5.41) is 16.9. The van der Waals surface area contributed by atoms with Crippen molar-refractivity contribution in [3.05, 3.63) is 26.9 Å². The predicted octanol–water partition coefficient (Wildman–Crippen LogP) is 4.59. The van der Waals surface area contributed by atoms with Crippen LogP contribution in [0.25, 0.3) is 11.4 Å². The van der Waals surface area contributed by atoms with Crippen LogP contribution >= 0.6 is 34.4 Å². The van der Waals surface area contributed by atoms with Crippen LogP contribution in [0.3, 0.4) is 0 Å². The second-order valence-electron chi connectivity index (χ2n) is 7.68. The summed E-state index contributed by atoms with van der Waals surface area (Å²) in [5.41, 5.74) is 3.21. The molecule has 8 nitrogen and oxygen atoms in total. The van der Waals surface area contributed by atoms with Crippen LogP contribution in [0.2, 0.25) is 0 Å². The van der Waals surface area contributed by atoms with Crippen LogP contribution in [-0.4, -0.2) is 44.0 Å². The van der Waals surface area contributed by atoms with Crippen molar-refractivity contribution >= 4 is 51.4 Å². The lowest BCUT2D eigenvalue weighted by Crippen LogP contribution is -2.15. The Morgan fingerprint density at radius 3 is 2.85 bits per heavy atom. The van der Waals surface area contributed by atoms with Crippen molar-refractivity contribution in [3.63, 3.8) is 0 Å². The van der Waals surface area contributed by atoms with Gasteiger partial charge in [0, 0.05) is 27.7 Å². The van der Waals surface area contributed by atoms with E-state index in [1.165, 1.54) is 51.9 Å². The SMILES string of the molecule is CCCn1c(SCC(=O)Nc2nc(CC(=O)OCC)cs2)nnc1-c1csc2c1CCCC2. The number of esters is 1. The standard InChI is InChI=1S/C22H27N5O3S3/c1-3-9-27-20(16-12-31-17-8-6-5-7-15(16)17)25-26-22(27)33-13-18(28)24-21-23-14(11-32-21)10-19(29)30-4-2/h11-12H,3-10,13H2,1-2H3,(H,23,24,28). The zero-order valence-corrected chi connectivity index (χ0v) is 21.2. The van der Waals surface area contributed by atoms with E-state index < -0.39 is 0 Å². The van der Waals surface area contributed by atoms with E-state index >= 15 is 0 Å². The normalized spacial score (nSPS) is 13.0. The Bertz CT molecular complexity index is 1120. The van der Waals surface area contributed by atoms with Crippen molar-refractivity contribution in [1.29, 1.82) is 0 Å². The van der Waals surface area contributed by atoms with Gasteiger partial charge in [0.2, 0.25) is 5.91 Å². The summed E-state index contributed by atoms with van der Waals surface area (Å²) in [7, 11) is 0. The molecule has 0 saturated heterocycles. The molecule has 0 aliphatic heterocycles. The van der Waals surface area contributed by atoms with Gasteiger partial charge in [-0.15, -0.1) is 32.9 Å². The van der Waals surface area contributed by atoms with E-state index in [0.717, 1.165) is 36.8 Å². The minimum atomic E-state index is -0.325. The Labute approximate surface area is 205 Å². The molecular weight excluding hydrogens is 478 g/mol. The predicted molar refractivity (Wildman–Crippen MR) is 132 cm³/mol. The molecule has 0 unspecified atom stereocenters. The molecule has 11 heteroatoms. The molecule has 176 valence electrons. The monoisotopic (exact) mass is 505 g/mol. The summed E-state index contributed by atoms with van der Waals surface area (Å²) in [6.45, 7) is 5.04. The van der Waals surface area contributed by atoms with E-state index in [2.05, 4.69) is 37.4 Å². The number of aromatic nitrogens is 4. The van der Waals surface area contributed by atoms with Gasteiger partial charge < -0.3 is 14.6 Å². The lowest BCUT2D eigenvalue weighted by molar-refractivity contribution is -0.142. The molecule has 1 amide bonds. The maximum Gasteiger partial charge on any atom is 0.311 e. The van der Waals surface area contributed by atoms with E-state index in [-0.39, 0.29) is 24.1 Å². The van der Waals surface area contributed by atoms with Gasteiger partial charge in [-0.3, -0.25) is 9.59 Å². The number of thiazole rings is 1. The van der Waals surface area contributed by atoms with Crippen LogP contribution in [0.4, 0.5) is 5.13 Å². The lowest BCUT2D eigenvalue weighted by atomic mass is 9.95. The van der Waals surface area contributed by atoms with Crippen molar-refractivity contribution in [1.82, 2.24) is 19.7 Å². The molecule has 0 radical (unpaired) electrons. The lowest BCUT2D eigenvalue weighted by Gasteiger charge is -2.13. The fraction of sp³-hybridized carbons (Fsp3) is 0.500. The fourth-order valence-electron chi connectivity index (χ4n) is 3.79. The molecule has 3 heterocycles. The molecule has 4 rings (SSSR count). The number of nitrogens with zero attached hydrogens (tertiary/aromatic N) is 4. The Balaban J connectivity index is 1.39. The maximum absolute atomic E-state index is 12.5. The average Bonchev–Trinajstić information content (AvgIpc) is 3.51. The summed E-state index contributed by atoms with van der Waals surface area (Å²) < 4.78 is 7.07. The molecule has 3 aromatic rings. The first-order valence-corrected chi connectivity index (χ1v) is 13.9. The molecule has 33 heavy (non-hydrogen) atoms. The number of fused-ring (bicyclic) bond motifs is 1. The summed E-state index contributed by atoms with van der Waals surface area (Å²) in [6, 6.07) is 0. The van der Waals surface area contributed by atoms with E-state index in [0.29, 0.717) is 17.4 Å². The maximum atomic E-state index is 12.5. The average molecular weight is 506 g/mol. The van der Waals surface area contributed by atoms with Crippen molar-refractivity contribution in [3.8, 4) is 11.4 Å². The smallest absolute Gasteiger partial charge is 0.311 e. The number of carbonyl (C=O) groups excluding carboxylic acids is 2. The van der Waals surface area contributed by atoms with Gasteiger partial charge in [0.25, 0.3) is 0 Å². The largest absolute Gasteiger partial charge is 0.466 e. The number of anilines is 1. The van der Waals surface area contributed by atoms with Gasteiger partial charge in [-0.1, -0.05) is 18.7 Å². The molecule has 0 fully saturated rings. The third-order valence-corrected chi connectivity index (χ3v) is 8.09. The highest BCUT2D eigenvalue weighted by Crippen LogP contribution is 2.37. The molecule has 1 aliphatic rings. The molecule has 0 spiro atoms. The molecule has 0 atom stereocenters. The van der Waals surface area contributed by atoms with Gasteiger partial charge in [-0.2, -0.15) is 0 Å². The molecule has 1 N–H and O–H groups in total. The molecular formula is C22H27N5O3S3. The molecule has 1 aliphatic carbocycles. The van der Waals surface area contributed by atoms with Gasteiger partial charge in [0.15, 0.2) is 16.1 Å². The third kappa shape index (κ3) is 5.82. The van der Waals surface area contributed by atoms with E-state index in [1.807, 2.05) is 11.3 Å². The Hall–Kier alpha value is -2.24. The highest BCUT2D eigenvalue weighted by Gasteiger charge is 2.22. The molecule has 0 bridgehead atoms. The van der Waals surface area contributed by atoms with Gasteiger partial charge in [-0.25, -0.2) is 4.98 Å². The number of thiophene rings is 1. The second kappa shape index (κ2) is 11.3. The van der Waals surface area contributed by atoms with E-state index in [4.69, 9.17) is 4.74 Å². The van der Waals surface area contributed by atoms with Gasteiger partial charge >= 0.3 is 5.97 Å². The zero-order valence-electron chi connectivity index (χ0n) is 18.8. The molecule has 0 saturated carbocycles. The van der Waals surface area contributed by atoms with Crippen LogP contribution in [0.15, 0.2) is 15.9 Å².